The second-order valence-corrected chi connectivity index (χ2v) is 7.00. The maximum absolute atomic E-state index is 12.2. The summed E-state index contributed by atoms with van der Waals surface area (Å²) in [5, 5.41) is 4.22. The van der Waals surface area contributed by atoms with Crippen molar-refractivity contribution in [3.63, 3.8) is 0 Å². The lowest BCUT2D eigenvalue weighted by atomic mass is 10.1. The molecule has 2 fully saturated rings. The van der Waals surface area contributed by atoms with Crippen molar-refractivity contribution in [2.75, 3.05) is 26.7 Å². The van der Waals surface area contributed by atoms with Crippen LogP contribution in [0.15, 0.2) is 36.7 Å². The molecule has 0 spiro atoms. The molecule has 138 valence electrons. The van der Waals surface area contributed by atoms with E-state index in [1.165, 1.54) is 11.1 Å². The first-order valence-corrected chi connectivity index (χ1v) is 8.92. The van der Waals surface area contributed by atoms with E-state index in [9.17, 15) is 4.79 Å². The number of rotatable bonds is 6. The number of methoxy groups -OCH3 is 1. The Morgan fingerprint density at radius 3 is 2.73 bits per heavy atom. The van der Waals surface area contributed by atoms with Gasteiger partial charge >= 0.3 is 6.09 Å². The van der Waals surface area contributed by atoms with Crippen LogP contribution in [0.4, 0.5) is 4.79 Å². The van der Waals surface area contributed by atoms with Crippen LogP contribution in [0, 0.1) is 0 Å². The molecule has 2 saturated heterocycles. The Balaban J connectivity index is 1.35. The maximum Gasteiger partial charge on any atom is 0.410 e. The highest BCUT2D eigenvalue weighted by Crippen LogP contribution is 2.28. The molecule has 2 aliphatic heterocycles. The summed E-state index contributed by atoms with van der Waals surface area (Å²) < 4.78 is 12.6. The molecule has 0 N–H and O–H groups in total. The smallest absolute Gasteiger partial charge is 0.410 e. The first-order chi connectivity index (χ1) is 12.6. The highest BCUT2D eigenvalue weighted by Gasteiger charge is 2.47. The number of likely N-dealkylation sites (tertiary alicyclic amines) is 1. The lowest BCUT2D eigenvalue weighted by molar-refractivity contribution is 0.120. The zero-order valence-electron chi connectivity index (χ0n) is 15.2. The number of fused-ring (bicyclic) bond motifs is 1. The van der Waals surface area contributed by atoms with Gasteiger partial charge in [-0.05, 0) is 24.1 Å². The third-order valence-electron chi connectivity index (χ3n) is 5.16. The topological polar surface area (TPSA) is 59.8 Å². The molecule has 0 unspecified atom stereocenters. The van der Waals surface area contributed by atoms with Crippen molar-refractivity contribution in [2.45, 2.75) is 25.1 Å². The van der Waals surface area contributed by atoms with Gasteiger partial charge in [0.1, 0.15) is 11.9 Å². The first kappa shape index (κ1) is 16.9. The summed E-state index contributed by atoms with van der Waals surface area (Å²) in [6, 6.07) is 8.12. The molecule has 2 aromatic rings. The van der Waals surface area contributed by atoms with Gasteiger partial charge in [-0.25, -0.2) is 4.79 Å². The summed E-state index contributed by atoms with van der Waals surface area (Å²) >= 11 is 0. The number of nitrogens with zero attached hydrogens (tertiary/aromatic N) is 4. The quantitative estimate of drug-likeness (QED) is 0.788. The van der Waals surface area contributed by atoms with Crippen LogP contribution in [0.2, 0.25) is 0 Å². The summed E-state index contributed by atoms with van der Waals surface area (Å²) in [7, 11) is 3.58. The number of hydrogen-bond donors (Lipinski definition) is 0. The van der Waals surface area contributed by atoms with E-state index in [0.29, 0.717) is 6.54 Å². The van der Waals surface area contributed by atoms with Crippen molar-refractivity contribution in [1.82, 2.24) is 19.6 Å². The lowest BCUT2D eigenvalue weighted by Gasteiger charge is -2.22. The highest BCUT2D eigenvalue weighted by atomic mass is 16.6. The largest absolute Gasteiger partial charge is 0.497 e. The van der Waals surface area contributed by atoms with Crippen LogP contribution in [0.3, 0.4) is 0 Å². The summed E-state index contributed by atoms with van der Waals surface area (Å²) in [5.41, 5.74) is 2.37. The monoisotopic (exact) mass is 356 g/mol. The van der Waals surface area contributed by atoms with Gasteiger partial charge in [-0.1, -0.05) is 12.1 Å². The highest BCUT2D eigenvalue weighted by molar-refractivity contribution is 5.71. The van der Waals surface area contributed by atoms with Crippen LogP contribution in [-0.2, 0) is 24.8 Å². The van der Waals surface area contributed by atoms with Gasteiger partial charge in [0, 0.05) is 45.0 Å². The molecule has 1 aromatic heterocycles. The van der Waals surface area contributed by atoms with Gasteiger partial charge in [-0.3, -0.25) is 14.5 Å². The average Bonchev–Trinajstić information content (AvgIpc) is 3.29. The fourth-order valence-corrected chi connectivity index (χ4v) is 3.82. The molecule has 0 radical (unpaired) electrons. The van der Waals surface area contributed by atoms with Gasteiger partial charge in [0.2, 0.25) is 0 Å². The van der Waals surface area contributed by atoms with Crippen molar-refractivity contribution < 1.29 is 14.3 Å². The third-order valence-corrected chi connectivity index (χ3v) is 5.16. The van der Waals surface area contributed by atoms with Gasteiger partial charge in [0.05, 0.1) is 19.3 Å². The Labute approximate surface area is 153 Å². The van der Waals surface area contributed by atoms with E-state index in [0.717, 1.165) is 31.8 Å². The van der Waals surface area contributed by atoms with Crippen LogP contribution in [0.5, 0.6) is 5.75 Å². The minimum atomic E-state index is -0.186. The Kier molecular flexibility index (Phi) is 4.55. The van der Waals surface area contributed by atoms with Crippen LogP contribution >= 0.6 is 0 Å². The number of aromatic nitrogens is 2. The van der Waals surface area contributed by atoms with E-state index in [4.69, 9.17) is 9.47 Å². The maximum atomic E-state index is 12.2. The number of benzene rings is 1. The number of hydrogen-bond acceptors (Lipinski definition) is 5. The summed E-state index contributed by atoms with van der Waals surface area (Å²) in [5.74, 6) is 0.844. The second-order valence-electron chi connectivity index (χ2n) is 7.00. The molecule has 0 aliphatic carbocycles. The van der Waals surface area contributed by atoms with Crippen molar-refractivity contribution in [3.8, 4) is 5.75 Å². The Morgan fingerprint density at radius 1 is 1.23 bits per heavy atom. The minimum Gasteiger partial charge on any atom is -0.497 e. The fourth-order valence-electron chi connectivity index (χ4n) is 3.82. The molecule has 2 atom stereocenters. The summed E-state index contributed by atoms with van der Waals surface area (Å²) in [4.78, 5) is 16.4. The van der Waals surface area contributed by atoms with E-state index < -0.39 is 0 Å². The Hall–Kier alpha value is -2.54. The fraction of sp³-hybridized carbons (Fsp3) is 0.474. The number of amides is 1. The molecular weight excluding hydrogens is 332 g/mol. The molecule has 3 heterocycles. The molecule has 1 aromatic carbocycles. The van der Waals surface area contributed by atoms with Crippen molar-refractivity contribution in [3.05, 3.63) is 47.8 Å². The predicted molar refractivity (Wildman–Crippen MR) is 95.9 cm³/mol. The molecule has 26 heavy (non-hydrogen) atoms. The SMILES string of the molecule is COc1ccc(CCN2C(=O)O[C@@H]3CN(Cc4cnn(C)c4)C[C@@H]32)cc1. The normalized spacial score (nSPS) is 22.5. The second kappa shape index (κ2) is 6.99. The van der Waals surface area contributed by atoms with Gasteiger partial charge < -0.3 is 9.47 Å². The van der Waals surface area contributed by atoms with Gasteiger partial charge in [0.15, 0.2) is 0 Å². The van der Waals surface area contributed by atoms with Crippen LogP contribution in [0.25, 0.3) is 0 Å². The lowest BCUT2D eigenvalue weighted by Crippen LogP contribution is -2.39. The van der Waals surface area contributed by atoms with E-state index in [1.807, 2.05) is 53.3 Å². The van der Waals surface area contributed by atoms with Crippen molar-refractivity contribution >= 4 is 6.09 Å². The average molecular weight is 356 g/mol. The van der Waals surface area contributed by atoms with Gasteiger partial charge in [-0.2, -0.15) is 5.10 Å². The number of carbonyl (C=O) groups excluding carboxylic acids is 1. The number of carbonyl (C=O) groups is 1. The first-order valence-electron chi connectivity index (χ1n) is 8.92. The number of ether oxygens (including phenoxy) is 2. The Morgan fingerprint density at radius 2 is 2.04 bits per heavy atom. The van der Waals surface area contributed by atoms with E-state index in [-0.39, 0.29) is 18.2 Å². The molecule has 1 amide bonds. The van der Waals surface area contributed by atoms with Gasteiger partial charge in [-0.15, -0.1) is 0 Å². The van der Waals surface area contributed by atoms with Crippen LogP contribution < -0.4 is 4.74 Å². The Bertz CT molecular complexity index is 773. The van der Waals surface area contributed by atoms with Crippen molar-refractivity contribution in [1.29, 1.82) is 0 Å². The molecule has 2 aliphatic rings. The summed E-state index contributed by atoms with van der Waals surface area (Å²) in [6.07, 6.45) is 4.51. The third kappa shape index (κ3) is 3.39. The minimum absolute atomic E-state index is 0.0324. The number of aryl methyl sites for hydroxylation is 1. The zero-order chi connectivity index (χ0) is 18.1. The van der Waals surface area contributed by atoms with Crippen LogP contribution in [0.1, 0.15) is 11.1 Å². The van der Waals surface area contributed by atoms with Crippen molar-refractivity contribution in [2.24, 2.45) is 7.05 Å². The molecule has 0 saturated carbocycles. The molecule has 4 rings (SSSR count). The van der Waals surface area contributed by atoms with E-state index in [2.05, 4.69) is 10.00 Å². The van der Waals surface area contributed by atoms with Gasteiger partial charge in [0.25, 0.3) is 0 Å². The molecule has 7 nitrogen and oxygen atoms in total. The standard InChI is InChI=1S/C19H24N4O3/c1-21-10-15(9-20-21)11-22-12-17-18(13-22)26-19(24)23(17)8-7-14-3-5-16(25-2)6-4-14/h3-6,9-10,17-18H,7-8,11-13H2,1-2H3/t17-,18+/m0/s1. The van der Waals surface area contributed by atoms with E-state index >= 15 is 0 Å². The molecular formula is C19H24N4O3. The zero-order valence-corrected chi connectivity index (χ0v) is 15.2. The predicted octanol–water partition coefficient (Wildman–Crippen LogP) is 1.68. The molecule has 0 bridgehead atoms. The van der Waals surface area contributed by atoms with E-state index in [1.54, 1.807) is 7.11 Å². The van der Waals surface area contributed by atoms with Crippen LogP contribution in [-0.4, -0.2) is 64.6 Å². The summed E-state index contributed by atoms with van der Waals surface area (Å²) in [6.45, 7) is 3.13. The molecule has 7 heteroatoms.